The van der Waals surface area contributed by atoms with E-state index in [4.69, 9.17) is 0 Å². The standard InChI is InChI=1S/C9H11Br/c1-2-9(10)8-6-4-3-5-7-8/h3-7,9H,2H2,1H3/t9-/m1/s1. The van der Waals surface area contributed by atoms with Crippen molar-refractivity contribution in [2.24, 2.45) is 0 Å². The third kappa shape index (κ3) is 1.84. The van der Waals surface area contributed by atoms with Gasteiger partial charge in [0.15, 0.2) is 0 Å². The lowest BCUT2D eigenvalue weighted by Crippen LogP contribution is -1.84. The number of benzene rings is 1. The van der Waals surface area contributed by atoms with E-state index in [9.17, 15) is 0 Å². The van der Waals surface area contributed by atoms with Gasteiger partial charge in [-0.15, -0.1) is 0 Å². The average molecular weight is 199 g/mol. The van der Waals surface area contributed by atoms with Crippen molar-refractivity contribution in [3.05, 3.63) is 35.9 Å². The van der Waals surface area contributed by atoms with Crippen molar-refractivity contribution in [3.63, 3.8) is 0 Å². The van der Waals surface area contributed by atoms with Gasteiger partial charge in [-0.25, -0.2) is 0 Å². The van der Waals surface area contributed by atoms with Crippen molar-refractivity contribution in [2.45, 2.75) is 18.2 Å². The van der Waals surface area contributed by atoms with Crippen molar-refractivity contribution < 1.29 is 0 Å². The zero-order valence-corrected chi connectivity index (χ0v) is 7.64. The van der Waals surface area contributed by atoms with E-state index in [1.54, 1.807) is 0 Å². The van der Waals surface area contributed by atoms with Gasteiger partial charge in [0.25, 0.3) is 0 Å². The van der Waals surface area contributed by atoms with E-state index >= 15 is 0 Å². The molecule has 0 unspecified atom stereocenters. The highest BCUT2D eigenvalue weighted by atomic mass is 79.9. The molecule has 1 aromatic rings. The highest BCUT2D eigenvalue weighted by Gasteiger charge is 2.00. The Kier molecular flexibility index (Phi) is 2.94. The summed E-state index contributed by atoms with van der Waals surface area (Å²) in [5.41, 5.74) is 1.37. The molecule has 0 fully saturated rings. The maximum Gasteiger partial charge on any atom is 0.0392 e. The lowest BCUT2D eigenvalue weighted by atomic mass is 10.1. The fourth-order valence-corrected chi connectivity index (χ4v) is 1.20. The van der Waals surface area contributed by atoms with Crippen LogP contribution in [0.15, 0.2) is 30.3 Å². The molecule has 0 bridgehead atoms. The maximum atomic E-state index is 3.58. The van der Waals surface area contributed by atoms with Crippen LogP contribution in [0.3, 0.4) is 0 Å². The average Bonchev–Trinajstić information content (AvgIpc) is 2.05. The molecule has 0 aliphatic rings. The van der Waals surface area contributed by atoms with E-state index in [-0.39, 0.29) is 0 Å². The van der Waals surface area contributed by atoms with Gasteiger partial charge < -0.3 is 0 Å². The van der Waals surface area contributed by atoms with Crippen LogP contribution in [0.4, 0.5) is 0 Å². The van der Waals surface area contributed by atoms with E-state index < -0.39 is 0 Å². The Hall–Kier alpha value is -0.300. The van der Waals surface area contributed by atoms with Crippen molar-refractivity contribution in [3.8, 4) is 0 Å². The molecule has 0 N–H and O–H groups in total. The van der Waals surface area contributed by atoms with Crippen LogP contribution in [-0.2, 0) is 0 Å². The van der Waals surface area contributed by atoms with E-state index in [0.717, 1.165) is 6.42 Å². The molecular weight excluding hydrogens is 188 g/mol. The van der Waals surface area contributed by atoms with E-state index in [1.165, 1.54) is 5.56 Å². The van der Waals surface area contributed by atoms with Gasteiger partial charge in [0.05, 0.1) is 0 Å². The van der Waals surface area contributed by atoms with Crippen LogP contribution >= 0.6 is 15.9 Å². The number of hydrogen-bond acceptors (Lipinski definition) is 0. The van der Waals surface area contributed by atoms with Gasteiger partial charge in [0, 0.05) is 4.83 Å². The third-order valence-electron chi connectivity index (χ3n) is 1.52. The summed E-state index contributed by atoms with van der Waals surface area (Å²) < 4.78 is 0. The predicted molar refractivity (Wildman–Crippen MR) is 48.4 cm³/mol. The van der Waals surface area contributed by atoms with E-state index in [2.05, 4.69) is 47.1 Å². The highest BCUT2D eigenvalue weighted by molar-refractivity contribution is 9.09. The molecule has 0 nitrogen and oxygen atoms in total. The Bertz CT molecular complexity index is 181. The van der Waals surface area contributed by atoms with Crippen molar-refractivity contribution >= 4 is 15.9 Å². The summed E-state index contributed by atoms with van der Waals surface area (Å²) in [6.45, 7) is 2.17. The SMILES string of the molecule is CC[C@@H](Br)c1ccccc1. The number of halogens is 1. The monoisotopic (exact) mass is 198 g/mol. The number of alkyl halides is 1. The molecule has 1 rings (SSSR count). The smallest absolute Gasteiger partial charge is 0.0392 e. The van der Waals surface area contributed by atoms with Crippen LogP contribution in [0.1, 0.15) is 23.7 Å². The zero-order chi connectivity index (χ0) is 7.40. The van der Waals surface area contributed by atoms with Gasteiger partial charge in [-0.2, -0.15) is 0 Å². The van der Waals surface area contributed by atoms with Crippen molar-refractivity contribution in [1.29, 1.82) is 0 Å². The summed E-state index contributed by atoms with van der Waals surface area (Å²) >= 11 is 3.58. The van der Waals surface area contributed by atoms with Gasteiger partial charge in [-0.3, -0.25) is 0 Å². The molecule has 10 heavy (non-hydrogen) atoms. The molecule has 0 radical (unpaired) electrons. The molecule has 54 valence electrons. The van der Waals surface area contributed by atoms with Gasteiger partial charge in [-0.1, -0.05) is 53.2 Å². The second kappa shape index (κ2) is 3.77. The summed E-state index contributed by atoms with van der Waals surface area (Å²) in [4.78, 5) is 0.522. The third-order valence-corrected chi connectivity index (χ3v) is 2.70. The van der Waals surface area contributed by atoms with E-state index in [0.29, 0.717) is 4.83 Å². The minimum absolute atomic E-state index is 0.522. The Balaban J connectivity index is 2.75. The minimum Gasteiger partial charge on any atom is -0.0839 e. The Labute approximate surface area is 70.4 Å². The van der Waals surface area contributed by atoms with Gasteiger partial charge >= 0.3 is 0 Å². The molecule has 0 heterocycles. The summed E-state index contributed by atoms with van der Waals surface area (Å²) in [6.07, 6.45) is 1.14. The molecule has 0 spiro atoms. The Morgan fingerprint density at radius 3 is 2.40 bits per heavy atom. The topological polar surface area (TPSA) is 0 Å². The van der Waals surface area contributed by atoms with Gasteiger partial charge in [-0.05, 0) is 12.0 Å². The van der Waals surface area contributed by atoms with Gasteiger partial charge in [0.2, 0.25) is 0 Å². The van der Waals surface area contributed by atoms with Crippen LogP contribution in [0, 0.1) is 0 Å². The molecule has 1 atom stereocenters. The molecule has 0 amide bonds. The van der Waals surface area contributed by atoms with E-state index in [1.807, 2.05) is 6.07 Å². The van der Waals surface area contributed by atoms with Crippen LogP contribution in [-0.4, -0.2) is 0 Å². The first-order valence-corrected chi connectivity index (χ1v) is 4.45. The second-order valence-electron chi connectivity index (χ2n) is 2.29. The largest absolute Gasteiger partial charge is 0.0839 e. The summed E-state index contributed by atoms with van der Waals surface area (Å²) in [5, 5.41) is 0. The molecular formula is C9H11Br. The molecule has 0 aliphatic heterocycles. The fourth-order valence-electron chi connectivity index (χ4n) is 0.898. The number of hydrogen-bond donors (Lipinski definition) is 0. The molecule has 1 aromatic carbocycles. The predicted octanol–water partition coefficient (Wildman–Crippen LogP) is 3.53. The fraction of sp³-hybridized carbons (Fsp3) is 0.333. The summed E-state index contributed by atoms with van der Waals surface area (Å²) in [5.74, 6) is 0. The lowest BCUT2D eigenvalue weighted by molar-refractivity contribution is 0.911. The van der Waals surface area contributed by atoms with Crippen molar-refractivity contribution in [2.75, 3.05) is 0 Å². The molecule has 0 saturated heterocycles. The lowest BCUT2D eigenvalue weighted by Gasteiger charge is -2.04. The first-order valence-electron chi connectivity index (χ1n) is 3.53. The summed E-state index contributed by atoms with van der Waals surface area (Å²) in [6, 6.07) is 10.5. The Morgan fingerprint density at radius 1 is 1.30 bits per heavy atom. The normalized spacial score (nSPS) is 13.0. The highest BCUT2D eigenvalue weighted by Crippen LogP contribution is 2.24. The van der Waals surface area contributed by atoms with Gasteiger partial charge in [0.1, 0.15) is 0 Å². The van der Waals surface area contributed by atoms with Crippen LogP contribution < -0.4 is 0 Å². The first kappa shape index (κ1) is 7.80. The van der Waals surface area contributed by atoms with Crippen LogP contribution in [0.2, 0.25) is 0 Å². The Morgan fingerprint density at radius 2 is 1.90 bits per heavy atom. The van der Waals surface area contributed by atoms with Crippen LogP contribution in [0.25, 0.3) is 0 Å². The molecule has 1 heteroatoms. The summed E-state index contributed by atoms with van der Waals surface area (Å²) in [7, 11) is 0. The van der Waals surface area contributed by atoms with Crippen LogP contribution in [0.5, 0.6) is 0 Å². The quantitative estimate of drug-likeness (QED) is 0.639. The van der Waals surface area contributed by atoms with Crippen molar-refractivity contribution in [1.82, 2.24) is 0 Å². The molecule has 0 aliphatic carbocycles. The zero-order valence-electron chi connectivity index (χ0n) is 6.05. The molecule has 0 saturated carbocycles. The molecule has 0 aromatic heterocycles. The first-order chi connectivity index (χ1) is 4.84. The maximum absolute atomic E-state index is 3.58. The number of rotatable bonds is 2. The second-order valence-corrected chi connectivity index (χ2v) is 3.39. The minimum atomic E-state index is 0.522.